The smallest absolute Gasteiger partial charge is 0.308 e. The zero-order valence-electron chi connectivity index (χ0n) is 16.5. The van der Waals surface area contributed by atoms with Gasteiger partial charge >= 0.3 is 7.60 Å². The average molecular weight is 418 g/mol. The summed E-state index contributed by atoms with van der Waals surface area (Å²) in [5.41, 5.74) is 2.64. The van der Waals surface area contributed by atoms with E-state index < -0.39 is 7.60 Å². The topological polar surface area (TPSA) is 61.3 Å². The molecular formula is C21H27N2O3PS. The van der Waals surface area contributed by atoms with E-state index in [0.29, 0.717) is 13.2 Å². The van der Waals surface area contributed by atoms with Crippen LogP contribution in [0.25, 0.3) is 20.9 Å². The van der Waals surface area contributed by atoms with Crippen molar-refractivity contribution in [1.82, 2.24) is 9.97 Å². The summed E-state index contributed by atoms with van der Waals surface area (Å²) in [6, 6.07) is 11.9. The van der Waals surface area contributed by atoms with Crippen LogP contribution in [0.1, 0.15) is 45.1 Å². The van der Waals surface area contributed by atoms with Crippen molar-refractivity contribution < 1.29 is 13.6 Å². The number of rotatable bonds is 11. The molecule has 7 heteroatoms. The molecule has 28 heavy (non-hydrogen) atoms. The van der Waals surface area contributed by atoms with Crippen LogP contribution in [0.5, 0.6) is 0 Å². The van der Waals surface area contributed by atoms with E-state index in [-0.39, 0.29) is 6.16 Å². The lowest BCUT2D eigenvalue weighted by atomic mass is 10.3. The van der Waals surface area contributed by atoms with Gasteiger partial charge in [0.2, 0.25) is 0 Å². The summed E-state index contributed by atoms with van der Waals surface area (Å²) in [5, 5.41) is 0.884. The third-order valence-electron chi connectivity index (χ3n) is 4.29. The predicted octanol–water partition coefficient (Wildman–Crippen LogP) is 6.68. The normalized spacial score (nSPS) is 11.9. The largest absolute Gasteiger partial charge is 0.335 e. The molecule has 0 saturated carbocycles. The van der Waals surface area contributed by atoms with Gasteiger partial charge in [-0.25, -0.2) is 4.98 Å². The molecule has 0 aliphatic carbocycles. The maximum absolute atomic E-state index is 13.1. The maximum Gasteiger partial charge on any atom is 0.335 e. The SMILES string of the molecule is CCCCOP(=O)(Cc1ccc(-c2nc3ccccc3s2)nc1)OCCCC. The van der Waals surface area contributed by atoms with E-state index in [9.17, 15) is 4.57 Å². The van der Waals surface area contributed by atoms with Crippen molar-refractivity contribution in [2.75, 3.05) is 13.2 Å². The highest BCUT2D eigenvalue weighted by Gasteiger charge is 2.25. The summed E-state index contributed by atoms with van der Waals surface area (Å²) in [6.07, 6.45) is 5.72. The molecule has 2 heterocycles. The van der Waals surface area contributed by atoms with Gasteiger partial charge in [-0.2, -0.15) is 0 Å². The van der Waals surface area contributed by atoms with Crippen LogP contribution in [0.3, 0.4) is 0 Å². The van der Waals surface area contributed by atoms with Gasteiger partial charge in [0.1, 0.15) is 5.01 Å². The molecule has 0 fully saturated rings. The Morgan fingerprint density at radius 1 is 1.00 bits per heavy atom. The predicted molar refractivity (Wildman–Crippen MR) is 116 cm³/mol. The molecule has 2 aromatic heterocycles. The van der Waals surface area contributed by atoms with Crippen molar-refractivity contribution in [3.63, 3.8) is 0 Å². The number of hydrogen-bond donors (Lipinski definition) is 0. The Balaban J connectivity index is 1.71. The Bertz CT molecular complexity index is 880. The number of benzene rings is 1. The minimum Gasteiger partial charge on any atom is -0.308 e. The first-order chi connectivity index (χ1) is 13.6. The fourth-order valence-electron chi connectivity index (χ4n) is 2.67. The Morgan fingerprint density at radius 3 is 2.32 bits per heavy atom. The Hall–Kier alpha value is -1.59. The highest BCUT2D eigenvalue weighted by molar-refractivity contribution is 7.53. The van der Waals surface area contributed by atoms with Crippen LogP contribution in [0.2, 0.25) is 0 Å². The Kier molecular flexibility index (Phi) is 7.74. The van der Waals surface area contributed by atoms with E-state index in [2.05, 4.69) is 29.9 Å². The van der Waals surface area contributed by atoms with E-state index in [1.807, 2.05) is 30.3 Å². The van der Waals surface area contributed by atoms with Crippen molar-refractivity contribution in [2.45, 2.75) is 45.7 Å². The number of hydrogen-bond acceptors (Lipinski definition) is 6. The van der Waals surface area contributed by atoms with Crippen molar-refractivity contribution in [1.29, 1.82) is 0 Å². The number of pyridine rings is 1. The first-order valence-corrected chi connectivity index (χ1v) is 12.4. The molecule has 0 N–H and O–H groups in total. The second-order valence-electron chi connectivity index (χ2n) is 6.68. The van der Waals surface area contributed by atoms with Crippen LogP contribution in [0, 0.1) is 0 Å². The van der Waals surface area contributed by atoms with Crippen LogP contribution >= 0.6 is 18.9 Å². The van der Waals surface area contributed by atoms with E-state index in [4.69, 9.17) is 9.05 Å². The third-order valence-corrected chi connectivity index (χ3v) is 7.25. The van der Waals surface area contributed by atoms with E-state index >= 15 is 0 Å². The minimum absolute atomic E-state index is 0.244. The van der Waals surface area contributed by atoms with Crippen molar-refractivity contribution >= 4 is 29.1 Å². The Morgan fingerprint density at radius 2 is 1.71 bits per heavy atom. The maximum atomic E-state index is 13.1. The number of nitrogens with zero attached hydrogens (tertiary/aromatic N) is 2. The number of fused-ring (bicyclic) bond motifs is 1. The summed E-state index contributed by atoms with van der Waals surface area (Å²) in [6.45, 7) is 5.07. The van der Waals surface area contributed by atoms with Crippen molar-refractivity contribution in [2.24, 2.45) is 0 Å². The minimum atomic E-state index is -3.16. The van der Waals surface area contributed by atoms with Crippen LogP contribution in [0.4, 0.5) is 0 Å². The molecule has 0 spiro atoms. The van der Waals surface area contributed by atoms with Gasteiger partial charge in [0.05, 0.1) is 35.3 Å². The molecule has 3 rings (SSSR count). The number of aromatic nitrogens is 2. The fraction of sp³-hybridized carbons (Fsp3) is 0.429. The highest BCUT2D eigenvalue weighted by atomic mass is 32.1. The molecule has 0 atom stereocenters. The van der Waals surface area contributed by atoms with Crippen molar-refractivity contribution in [3.05, 3.63) is 48.2 Å². The first-order valence-electron chi connectivity index (χ1n) is 9.82. The highest BCUT2D eigenvalue weighted by Crippen LogP contribution is 2.51. The van der Waals surface area contributed by atoms with Gasteiger partial charge < -0.3 is 9.05 Å². The molecule has 5 nitrogen and oxygen atoms in total. The summed E-state index contributed by atoms with van der Waals surface area (Å²) in [5.74, 6) is 0. The third kappa shape index (κ3) is 5.71. The first kappa shape index (κ1) is 21.1. The van der Waals surface area contributed by atoms with Crippen LogP contribution in [-0.4, -0.2) is 23.2 Å². The van der Waals surface area contributed by atoms with Gasteiger partial charge in [-0.1, -0.05) is 44.9 Å². The number of thiazole rings is 1. The quantitative estimate of drug-likeness (QED) is 0.257. The summed E-state index contributed by atoms with van der Waals surface area (Å²) in [4.78, 5) is 9.18. The molecule has 0 amide bonds. The van der Waals surface area contributed by atoms with E-state index in [0.717, 1.165) is 52.2 Å². The zero-order valence-corrected chi connectivity index (χ0v) is 18.2. The molecule has 0 aliphatic heterocycles. The number of para-hydroxylation sites is 1. The van der Waals surface area contributed by atoms with Gasteiger partial charge in [0.15, 0.2) is 0 Å². The molecule has 1 aromatic carbocycles. The second kappa shape index (κ2) is 10.3. The average Bonchev–Trinajstić information content (AvgIpc) is 3.13. The van der Waals surface area contributed by atoms with Crippen LogP contribution < -0.4 is 0 Å². The van der Waals surface area contributed by atoms with E-state index in [1.165, 1.54) is 0 Å². The molecule has 0 bridgehead atoms. The van der Waals surface area contributed by atoms with Gasteiger partial charge in [0, 0.05) is 6.20 Å². The van der Waals surface area contributed by atoms with Gasteiger partial charge in [-0.05, 0) is 36.6 Å². The lowest BCUT2D eigenvalue weighted by molar-refractivity contribution is 0.199. The fourth-order valence-corrected chi connectivity index (χ4v) is 5.32. The molecule has 0 radical (unpaired) electrons. The van der Waals surface area contributed by atoms with Crippen molar-refractivity contribution in [3.8, 4) is 10.7 Å². The molecular weight excluding hydrogens is 391 g/mol. The summed E-state index contributed by atoms with van der Waals surface area (Å²) in [7, 11) is -3.16. The van der Waals surface area contributed by atoms with Crippen LogP contribution in [0.15, 0.2) is 42.6 Å². The van der Waals surface area contributed by atoms with E-state index in [1.54, 1.807) is 17.5 Å². The monoisotopic (exact) mass is 418 g/mol. The molecule has 0 saturated heterocycles. The molecule has 150 valence electrons. The Labute approximate surface area is 170 Å². The molecule has 3 aromatic rings. The van der Waals surface area contributed by atoms with Gasteiger partial charge in [-0.15, -0.1) is 11.3 Å². The lowest BCUT2D eigenvalue weighted by Crippen LogP contribution is -2.02. The second-order valence-corrected chi connectivity index (χ2v) is 9.77. The standard InChI is InChI=1S/C21H27N2O3PS/c1-3-5-13-25-27(24,26-14-6-4-2)16-17-11-12-19(22-15-17)21-23-18-9-7-8-10-20(18)28-21/h7-12,15H,3-6,13-14,16H2,1-2H3. The zero-order chi connectivity index (χ0) is 19.8. The van der Waals surface area contributed by atoms with Crippen LogP contribution in [-0.2, 0) is 19.8 Å². The van der Waals surface area contributed by atoms with Gasteiger partial charge in [0.25, 0.3) is 0 Å². The number of unbranched alkanes of at least 4 members (excludes halogenated alkanes) is 2. The summed E-state index contributed by atoms with van der Waals surface area (Å²) >= 11 is 1.62. The summed E-state index contributed by atoms with van der Waals surface area (Å²) < 4.78 is 25.6. The molecule has 0 aliphatic rings. The molecule has 0 unspecified atom stereocenters. The van der Waals surface area contributed by atoms with Gasteiger partial charge in [-0.3, -0.25) is 9.55 Å². The lowest BCUT2D eigenvalue weighted by Gasteiger charge is -2.18.